The van der Waals surface area contributed by atoms with Crippen molar-refractivity contribution in [3.8, 4) is 0 Å². The molecule has 1 saturated carbocycles. The topological polar surface area (TPSA) is 39.1 Å². The first-order valence-corrected chi connectivity index (χ1v) is 7.53. The minimum Gasteiger partial charge on any atom is -0.381 e. The van der Waals surface area contributed by atoms with Crippen LogP contribution in [0.2, 0.25) is 0 Å². The number of benzene rings is 1. The van der Waals surface area contributed by atoms with Crippen LogP contribution in [0.3, 0.4) is 0 Å². The third kappa shape index (κ3) is 3.38. The summed E-state index contributed by atoms with van der Waals surface area (Å²) in [5.74, 6) is 1.95. The highest BCUT2D eigenvalue weighted by Gasteiger charge is 2.20. The molecule has 20 heavy (non-hydrogen) atoms. The predicted molar refractivity (Wildman–Crippen MR) is 80.6 cm³/mol. The standard InChI is InChI=1S/C16H23N3O/c1-19-15-6-3-2-5-14(15)18-16(19)11-17-9-4-10-20-12-13-7-8-13/h2-3,5-6,13,17H,4,7-12H2,1H3. The Bertz CT molecular complexity index is 560. The first-order valence-electron chi connectivity index (χ1n) is 7.53. The molecule has 1 aromatic carbocycles. The molecule has 1 fully saturated rings. The van der Waals surface area contributed by atoms with Crippen molar-refractivity contribution in [3.63, 3.8) is 0 Å². The Morgan fingerprint density at radius 1 is 1.35 bits per heavy atom. The average molecular weight is 273 g/mol. The molecule has 1 heterocycles. The lowest BCUT2D eigenvalue weighted by Gasteiger charge is -2.06. The van der Waals surface area contributed by atoms with E-state index in [9.17, 15) is 0 Å². The zero-order chi connectivity index (χ0) is 13.8. The largest absolute Gasteiger partial charge is 0.381 e. The molecule has 1 aliphatic rings. The lowest BCUT2D eigenvalue weighted by atomic mass is 10.3. The van der Waals surface area contributed by atoms with Crippen molar-refractivity contribution in [2.45, 2.75) is 25.8 Å². The second-order valence-electron chi connectivity index (χ2n) is 5.62. The maximum absolute atomic E-state index is 5.62. The van der Waals surface area contributed by atoms with Gasteiger partial charge in [0.1, 0.15) is 5.82 Å². The van der Waals surface area contributed by atoms with E-state index in [1.165, 1.54) is 18.4 Å². The van der Waals surface area contributed by atoms with Gasteiger partial charge in [-0.3, -0.25) is 0 Å². The molecule has 108 valence electrons. The van der Waals surface area contributed by atoms with Gasteiger partial charge in [-0.15, -0.1) is 0 Å². The fourth-order valence-corrected chi connectivity index (χ4v) is 2.39. The number of hydrogen-bond donors (Lipinski definition) is 1. The second-order valence-corrected chi connectivity index (χ2v) is 5.62. The number of imidazole rings is 1. The zero-order valence-electron chi connectivity index (χ0n) is 12.1. The molecule has 0 saturated heterocycles. The van der Waals surface area contributed by atoms with Crippen LogP contribution in [0.5, 0.6) is 0 Å². The van der Waals surface area contributed by atoms with Crippen LogP contribution in [0.15, 0.2) is 24.3 Å². The average Bonchev–Trinajstić information content (AvgIpc) is 3.24. The molecule has 4 heteroatoms. The predicted octanol–water partition coefficient (Wildman–Crippen LogP) is 2.48. The maximum Gasteiger partial charge on any atom is 0.123 e. The molecule has 0 atom stereocenters. The van der Waals surface area contributed by atoms with Crippen molar-refractivity contribution in [1.82, 2.24) is 14.9 Å². The Labute approximate surface area is 120 Å². The summed E-state index contributed by atoms with van der Waals surface area (Å²) < 4.78 is 7.78. The van der Waals surface area contributed by atoms with Crippen molar-refractivity contribution in [1.29, 1.82) is 0 Å². The maximum atomic E-state index is 5.62. The van der Waals surface area contributed by atoms with E-state index >= 15 is 0 Å². The molecule has 1 aliphatic carbocycles. The first-order chi connectivity index (χ1) is 9.84. The van der Waals surface area contributed by atoms with Crippen molar-refractivity contribution in [3.05, 3.63) is 30.1 Å². The molecule has 1 aromatic heterocycles. The molecule has 1 N–H and O–H groups in total. The molecular weight excluding hydrogens is 250 g/mol. The third-order valence-electron chi connectivity index (χ3n) is 3.86. The normalized spacial score (nSPS) is 15.1. The first kappa shape index (κ1) is 13.6. The molecule has 0 spiro atoms. The van der Waals surface area contributed by atoms with E-state index in [4.69, 9.17) is 4.74 Å². The van der Waals surface area contributed by atoms with Gasteiger partial charge in [0.25, 0.3) is 0 Å². The van der Waals surface area contributed by atoms with Crippen molar-refractivity contribution < 1.29 is 4.74 Å². The van der Waals surface area contributed by atoms with Gasteiger partial charge in [0.05, 0.1) is 17.6 Å². The van der Waals surface area contributed by atoms with Crippen molar-refractivity contribution in [2.75, 3.05) is 19.8 Å². The number of nitrogens with zero attached hydrogens (tertiary/aromatic N) is 2. The van der Waals surface area contributed by atoms with Gasteiger partial charge in [0.15, 0.2) is 0 Å². The van der Waals surface area contributed by atoms with E-state index in [-0.39, 0.29) is 0 Å². The molecule has 0 bridgehead atoms. The Morgan fingerprint density at radius 3 is 3.00 bits per heavy atom. The summed E-state index contributed by atoms with van der Waals surface area (Å²) in [6.45, 7) is 3.62. The van der Waals surface area contributed by atoms with E-state index in [1.54, 1.807) is 0 Å². The lowest BCUT2D eigenvalue weighted by Crippen LogP contribution is -2.18. The van der Waals surface area contributed by atoms with Gasteiger partial charge in [-0.25, -0.2) is 4.98 Å². The number of aromatic nitrogens is 2. The van der Waals surface area contributed by atoms with Crippen molar-refractivity contribution >= 4 is 11.0 Å². The monoisotopic (exact) mass is 273 g/mol. The molecule has 3 rings (SSSR count). The van der Waals surface area contributed by atoms with Crippen LogP contribution in [0, 0.1) is 5.92 Å². The number of aryl methyl sites for hydroxylation is 1. The highest BCUT2D eigenvalue weighted by atomic mass is 16.5. The van der Waals surface area contributed by atoms with Gasteiger partial charge in [0.2, 0.25) is 0 Å². The smallest absolute Gasteiger partial charge is 0.123 e. The third-order valence-corrected chi connectivity index (χ3v) is 3.86. The Morgan fingerprint density at radius 2 is 2.20 bits per heavy atom. The minimum absolute atomic E-state index is 0.813. The molecule has 2 aromatic rings. The Balaban J connectivity index is 1.39. The van der Waals surface area contributed by atoms with E-state index in [1.807, 2.05) is 6.07 Å². The highest BCUT2D eigenvalue weighted by Crippen LogP contribution is 2.28. The van der Waals surface area contributed by atoms with Crippen molar-refractivity contribution in [2.24, 2.45) is 13.0 Å². The van der Waals surface area contributed by atoms with Crippen LogP contribution in [-0.2, 0) is 18.3 Å². The lowest BCUT2D eigenvalue weighted by molar-refractivity contribution is 0.122. The van der Waals surface area contributed by atoms with E-state index in [0.29, 0.717) is 0 Å². The highest BCUT2D eigenvalue weighted by molar-refractivity contribution is 5.75. The van der Waals surface area contributed by atoms with Gasteiger partial charge < -0.3 is 14.6 Å². The van der Waals surface area contributed by atoms with Crippen LogP contribution in [-0.4, -0.2) is 29.3 Å². The minimum atomic E-state index is 0.813. The molecular formula is C16H23N3O. The molecule has 0 aliphatic heterocycles. The van der Waals surface area contributed by atoms with Gasteiger partial charge >= 0.3 is 0 Å². The Kier molecular flexibility index (Phi) is 4.33. The van der Waals surface area contributed by atoms with Gasteiger partial charge in [-0.2, -0.15) is 0 Å². The van der Waals surface area contributed by atoms with Gasteiger partial charge in [-0.05, 0) is 43.9 Å². The summed E-state index contributed by atoms with van der Waals surface area (Å²) in [5, 5.41) is 3.44. The summed E-state index contributed by atoms with van der Waals surface area (Å²) in [4.78, 5) is 4.65. The second kappa shape index (κ2) is 6.37. The molecule has 0 radical (unpaired) electrons. The van der Waals surface area contributed by atoms with Crippen LogP contribution in [0.4, 0.5) is 0 Å². The molecule has 0 amide bonds. The summed E-state index contributed by atoms with van der Waals surface area (Å²) in [6, 6.07) is 8.25. The van der Waals surface area contributed by atoms with E-state index in [2.05, 4.69) is 40.1 Å². The van der Waals surface area contributed by atoms with E-state index in [0.717, 1.165) is 50.0 Å². The number of para-hydroxylation sites is 2. The van der Waals surface area contributed by atoms with Gasteiger partial charge in [0, 0.05) is 20.3 Å². The number of fused-ring (bicyclic) bond motifs is 1. The summed E-state index contributed by atoms with van der Waals surface area (Å²) in [7, 11) is 2.07. The number of hydrogen-bond acceptors (Lipinski definition) is 3. The van der Waals surface area contributed by atoms with Crippen LogP contribution in [0.1, 0.15) is 25.1 Å². The molecule has 0 unspecified atom stereocenters. The summed E-state index contributed by atoms with van der Waals surface area (Å²) in [6.07, 6.45) is 3.80. The zero-order valence-corrected chi connectivity index (χ0v) is 12.1. The Hall–Kier alpha value is -1.39. The summed E-state index contributed by atoms with van der Waals surface area (Å²) in [5.41, 5.74) is 2.26. The van der Waals surface area contributed by atoms with E-state index < -0.39 is 0 Å². The SMILES string of the molecule is Cn1c(CNCCCOCC2CC2)nc2ccccc21. The number of nitrogens with one attached hydrogen (secondary N) is 1. The number of rotatable bonds is 8. The van der Waals surface area contributed by atoms with Crippen LogP contribution >= 0.6 is 0 Å². The fraction of sp³-hybridized carbons (Fsp3) is 0.562. The van der Waals surface area contributed by atoms with Crippen LogP contribution < -0.4 is 5.32 Å². The fourth-order valence-electron chi connectivity index (χ4n) is 2.39. The van der Waals surface area contributed by atoms with Gasteiger partial charge in [-0.1, -0.05) is 12.1 Å². The molecule has 4 nitrogen and oxygen atoms in total. The van der Waals surface area contributed by atoms with Crippen LogP contribution in [0.25, 0.3) is 11.0 Å². The quantitative estimate of drug-likeness (QED) is 0.751. The summed E-state index contributed by atoms with van der Waals surface area (Å²) >= 11 is 0. The number of ether oxygens (including phenoxy) is 1.